The summed E-state index contributed by atoms with van der Waals surface area (Å²) in [6, 6.07) is 2.48. The zero-order valence-corrected chi connectivity index (χ0v) is 12.7. The van der Waals surface area contributed by atoms with Crippen molar-refractivity contribution >= 4 is 49.4 Å². The Labute approximate surface area is 112 Å². The Hall–Kier alpha value is 0.260. The van der Waals surface area contributed by atoms with Crippen molar-refractivity contribution < 1.29 is 0 Å². The molecule has 1 N–H and O–H groups in total. The van der Waals surface area contributed by atoms with E-state index in [4.69, 9.17) is 0 Å². The summed E-state index contributed by atoms with van der Waals surface area (Å²) < 4.78 is 1.98. The van der Waals surface area contributed by atoms with Crippen LogP contribution >= 0.6 is 43.6 Å². The maximum absolute atomic E-state index is 4.33. The summed E-state index contributed by atoms with van der Waals surface area (Å²) in [5.41, 5.74) is 0. The smallest absolute Gasteiger partial charge is 0.140 e. The molecule has 0 bridgehead atoms. The molecule has 15 heavy (non-hydrogen) atoms. The molecular formula is C10H14Br2N2S. The Morgan fingerprint density at radius 1 is 1.53 bits per heavy atom. The highest BCUT2D eigenvalue weighted by Crippen LogP contribution is 2.24. The molecule has 0 saturated carbocycles. The number of hydrogen-bond acceptors (Lipinski definition) is 3. The van der Waals surface area contributed by atoms with Gasteiger partial charge in [0.05, 0.1) is 4.47 Å². The number of hydrogen-bond donors (Lipinski definition) is 1. The minimum absolute atomic E-state index is 0.477. The molecule has 1 unspecified atom stereocenters. The lowest BCUT2D eigenvalue weighted by Gasteiger charge is -2.17. The molecule has 1 atom stereocenters. The van der Waals surface area contributed by atoms with Crippen LogP contribution in [-0.2, 0) is 0 Å². The van der Waals surface area contributed by atoms with Crippen LogP contribution in [0.25, 0.3) is 0 Å². The highest BCUT2D eigenvalue weighted by Gasteiger charge is 2.08. The van der Waals surface area contributed by atoms with Gasteiger partial charge in [-0.15, -0.1) is 0 Å². The first-order chi connectivity index (χ1) is 7.17. The van der Waals surface area contributed by atoms with E-state index in [0.717, 1.165) is 26.9 Å². The molecule has 0 aliphatic carbocycles. The van der Waals surface area contributed by atoms with Crippen LogP contribution in [0.3, 0.4) is 0 Å². The first-order valence-corrected chi connectivity index (χ1v) is 7.71. The van der Waals surface area contributed by atoms with Crippen molar-refractivity contribution in [3.05, 3.63) is 21.2 Å². The summed E-state index contributed by atoms with van der Waals surface area (Å²) in [6.07, 6.45) is 5.03. The maximum atomic E-state index is 4.33. The minimum Gasteiger partial charge on any atom is -0.366 e. The van der Waals surface area contributed by atoms with Gasteiger partial charge in [-0.1, -0.05) is 6.92 Å². The molecule has 0 aromatic carbocycles. The molecule has 5 heteroatoms. The van der Waals surface area contributed by atoms with Crippen LogP contribution in [0, 0.1) is 0 Å². The molecule has 0 aliphatic heterocycles. The topological polar surface area (TPSA) is 24.9 Å². The second-order valence-corrected chi connectivity index (χ2v) is 5.87. The maximum Gasteiger partial charge on any atom is 0.140 e. The van der Waals surface area contributed by atoms with Crippen LogP contribution in [0.2, 0.25) is 0 Å². The average molecular weight is 354 g/mol. The fraction of sp³-hybridized carbons (Fsp3) is 0.500. The van der Waals surface area contributed by atoms with E-state index < -0.39 is 0 Å². The quantitative estimate of drug-likeness (QED) is 0.860. The normalized spacial score (nSPS) is 12.5. The van der Waals surface area contributed by atoms with Gasteiger partial charge in [-0.3, -0.25) is 0 Å². The lowest BCUT2D eigenvalue weighted by atomic mass is 10.2. The summed E-state index contributed by atoms with van der Waals surface area (Å²) in [4.78, 5) is 4.33. The van der Waals surface area contributed by atoms with Crippen LogP contribution < -0.4 is 5.32 Å². The predicted molar refractivity (Wildman–Crippen MR) is 75.7 cm³/mol. The predicted octanol–water partition coefficient (Wildman–Crippen LogP) is 4.16. The van der Waals surface area contributed by atoms with Crippen LogP contribution in [0.15, 0.2) is 21.2 Å². The number of rotatable bonds is 5. The molecule has 1 aromatic rings. The molecule has 0 saturated heterocycles. The van der Waals surface area contributed by atoms with Gasteiger partial charge in [0.25, 0.3) is 0 Å². The first-order valence-electron chi connectivity index (χ1n) is 4.73. The lowest BCUT2D eigenvalue weighted by molar-refractivity contribution is 0.769. The van der Waals surface area contributed by atoms with Crippen molar-refractivity contribution in [2.24, 2.45) is 0 Å². The largest absolute Gasteiger partial charge is 0.366 e. The standard InChI is InChI=1S/C10H14Br2N2S/c1-3-8(6-15-2)14-10-9(12)4-7(11)5-13-10/h4-5,8H,3,6H2,1-2H3,(H,13,14). The van der Waals surface area contributed by atoms with E-state index in [0.29, 0.717) is 6.04 Å². The summed E-state index contributed by atoms with van der Waals surface area (Å²) in [6.45, 7) is 2.18. The van der Waals surface area contributed by atoms with E-state index >= 15 is 0 Å². The third-order valence-corrected chi connectivity index (χ3v) is 3.78. The zero-order chi connectivity index (χ0) is 11.3. The number of pyridine rings is 1. The molecule has 2 nitrogen and oxygen atoms in total. The molecule has 1 aromatic heterocycles. The highest BCUT2D eigenvalue weighted by molar-refractivity contribution is 9.11. The van der Waals surface area contributed by atoms with Crippen molar-refractivity contribution in [3.63, 3.8) is 0 Å². The molecular weight excluding hydrogens is 340 g/mol. The Morgan fingerprint density at radius 2 is 2.27 bits per heavy atom. The third kappa shape index (κ3) is 4.33. The highest BCUT2D eigenvalue weighted by atomic mass is 79.9. The molecule has 0 spiro atoms. The number of nitrogens with zero attached hydrogens (tertiary/aromatic N) is 1. The van der Waals surface area contributed by atoms with E-state index in [9.17, 15) is 0 Å². The molecule has 1 rings (SSSR count). The van der Waals surface area contributed by atoms with Crippen LogP contribution in [0.4, 0.5) is 5.82 Å². The van der Waals surface area contributed by atoms with Gasteiger partial charge in [-0.05, 0) is 50.6 Å². The van der Waals surface area contributed by atoms with Crippen LogP contribution in [0.1, 0.15) is 13.3 Å². The van der Waals surface area contributed by atoms with E-state index in [-0.39, 0.29) is 0 Å². The molecule has 0 aliphatic rings. The van der Waals surface area contributed by atoms with E-state index in [1.165, 1.54) is 0 Å². The second kappa shape index (κ2) is 6.76. The zero-order valence-electron chi connectivity index (χ0n) is 8.76. The second-order valence-electron chi connectivity index (χ2n) is 3.19. The van der Waals surface area contributed by atoms with Gasteiger partial charge < -0.3 is 5.32 Å². The number of aromatic nitrogens is 1. The number of thioether (sulfide) groups is 1. The Bertz CT molecular complexity index is 320. The molecule has 84 valence electrons. The monoisotopic (exact) mass is 352 g/mol. The fourth-order valence-corrected chi connectivity index (χ4v) is 3.00. The van der Waals surface area contributed by atoms with Gasteiger partial charge >= 0.3 is 0 Å². The van der Waals surface area contributed by atoms with Crippen molar-refractivity contribution in [2.45, 2.75) is 19.4 Å². The SMILES string of the molecule is CCC(CSC)Nc1ncc(Br)cc1Br. The summed E-state index contributed by atoms with van der Waals surface area (Å²) in [5, 5.41) is 3.43. The summed E-state index contributed by atoms with van der Waals surface area (Å²) in [7, 11) is 0. The molecule has 1 heterocycles. The Kier molecular flexibility index (Phi) is 6.00. The molecule has 0 fully saturated rings. The van der Waals surface area contributed by atoms with E-state index in [1.54, 1.807) is 6.20 Å². The van der Waals surface area contributed by atoms with Gasteiger partial charge in [-0.2, -0.15) is 11.8 Å². The number of halogens is 2. The van der Waals surface area contributed by atoms with Crippen LogP contribution in [0.5, 0.6) is 0 Å². The van der Waals surface area contributed by atoms with Crippen molar-refractivity contribution in [3.8, 4) is 0 Å². The Morgan fingerprint density at radius 3 is 2.80 bits per heavy atom. The lowest BCUT2D eigenvalue weighted by Crippen LogP contribution is -2.21. The molecule has 0 amide bonds. The van der Waals surface area contributed by atoms with Gasteiger partial charge in [0.1, 0.15) is 5.82 Å². The average Bonchev–Trinajstić information content (AvgIpc) is 2.21. The summed E-state index contributed by atoms with van der Waals surface area (Å²) in [5.74, 6) is 2.01. The number of nitrogens with one attached hydrogen (secondary N) is 1. The van der Waals surface area contributed by atoms with E-state index in [1.807, 2.05) is 17.8 Å². The van der Waals surface area contributed by atoms with Gasteiger partial charge in [0, 0.05) is 22.5 Å². The van der Waals surface area contributed by atoms with Crippen LogP contribution in [-0.4, -0.2) is 23.0 Å². The number of anilines is 1. The third-order valence-electron chi connectivity index (χ3n) is 2.01. The fourth-order valence-electron chi connectivity index (χ4n) is 1.18. The Balaban J connectivity index is 2.70. The van der Waals surface area contributed by atoms with Crippen molar-refractivity contribution in [2.75, 3.05) is 17.3 Å². The molecule has 0 radical (unpaired) electrons. The van der Waals surface area contributed by atoms with Gasteiger partial charge in [0.2, 0.25) is 0 Å². The summed E-state index contributed by atoms with van der Waals surface area (Å²) >= 11 is 8.73. The van der Waals surface area contributed by atoms with E-state index in [2.05, 4.69) is 55.3 Å². The first kappa shape index (κ1) is 13.3. The van der Waals surface area contributed by atoms with Gasteiger partial charge in [0.15, 0.2) is 0 Å². The minimum atomic E-state index is 0.477. The van der Waals surface area contributed by atoms with Gasteiger partial charge in [-0.25, -0.2) is 4.98 Å². The van der Waals surface area contributed by atoms with Crippen molar-refractivity contribution in [1.82, 2.24) is 4.98 Å². The van der Waals surface area contributed by atoms with Crippen molar-refractivity contribution in [1.29, 1.82) is 0 Å².